The monoisotopic (exact) mass is 249 g/mol. The van der Waals surface area contributed by atoms with E-state index < -0.39 is 40.6 Å². The van der Waals surface area contributed by atoms with Crippen molar-refractivity contribution in [2.24, 2.45) is 5.73 Å². The lowest BCUT2D eigenvalue weighted by Gasteiger charge is -2.14. The number of Topliss-reactive ketones (excluding diaryl/α,β-unsaturated/α-hetero) is 1. The van der Waals surface area contributed by atoms with Crippen LogP contribution in [0, 0.1) is 0 Å². The maximum absolute atomic E-state index is 12.6. The van der Waals surface area contributed by atoms with Crippen LogP contribution in [0.5, 0.6) is 11.5 Å². The first-order chi connectivity index (χ1) is 7.64. The van der Waals surface area contributed by atoms with Gasteiger partial charge in [-0.05, 0) is 19.1 Å². The molecule has 0 saturated carbocycles. The van der Waals surface area contributed by atoms with Gasteiger partial charge in [0.05, 0.1) is 11.6 Å². The molecule has 0 saturated heterocycles. The summed E-state index contributed by atoms with van der Waals surface area (Å²) >= 11 is 0. The van der Waals surface area contributed by atoms with Crippen molar-refractivity contribution in [1.82, 2.24) is 0 Å². The molecular formula is C10H10F3NO3. The topological polar surface area (TPSA) is 83.6 Å². The maximum atomic E-state index is 12.6. The largest absolute Gasteiger partial charge is 0.504 e. The van der Waals surface area contributed by atoms with Crippen molar-refractivity contribution in [3.8, 4) is 11.5 Å². The molecule has 0 aromatic heterocycles. The molecule has 4 nitrogen and oxygen atoms in total. The SMILES string of the molecule is CC(N)C(=O)c1cc(O)c(O)cc1C(F)(F)F. The number of hydrogen-bond acceptors (Lipinski definition) is 4. The quantitative estimate of drug-likeness (QED) is 0.549. The van der Waals surface area contributed by atoms with E-state index in [0.29, 0.717) is 12.1 Å². The number of rotatable bonds is 2. The summed E-state index contributed by atoms with van der Waals surface area (Å²) in [5, 5.41) is 18.1. The molecule has 1 atom stereocenters. The highest BCUT2D eigenvalue weighted by atomic mass is 19.4. The first kappa shape index (κ1) is 13.3. The van der Waals surface area contributed by atoms with Gasteiger partial charge in [-0.15, -0.1) is 0 Å². The minimum atomic E-state index is -4.81. The molecule has 0 heterocycles. The molecule has 0 aliphatic rings. The highest BCUT2D eigenvalue weighted by Crippen LogP contribution is 2.38. The molecule has 17 heavy (non-hydrogen) atoms. The number of alkyl halides is 3. The predicted octanol–water partition coefficient (Wildman–Crippen LogP) is 1.65. The molecule has 1 aromatic carbocycles. The Morgan fingerprint density at radius 1 is 1.29 bits per heavy atom. The predicted molar refractivity (Wildman–Crippen MR) is 52.8 cm³/mol. The Labute approximate surface area is 94.5 Å². The van der Waals surface area contributed by atoms with Gasteiger partial charge in [0.15, 0.2) is 17.3 Å². The number of nitrogens with two attached hydrogens (primary N) is 1. The van der Waals surface area contributed by atoms with E-state index in [2.05, 4.69) is 0 Å². The summed E-state index contributed by atoms with van der Waals surface area (Å²) in [7, 11) is 0. The van der Waals surface area contributed by atoms with Crippen LogP contribution in [0.3, 0.4) is 0 Å². The standard InChI is InChI=1S/C10H10F3NO3/c1-4(14)9(17)5-2-7(15)8(16)3-6(5)10(11,12)13/h2-4,15-16H,14H2,1H3. The van der Waals surface area contributed by atoms with Crippen molar-refractivity contribution in [3.05, 3.63) is 23.3 Å². The zero-order valence-corrected chi connectivity index (χ0v) is 8.75. The molecule has 1 rings (SSSR count). The Kier molecular flexibility index (Phi) is 3.33. The molecule has 0 spiro atoms. The number of ketones is 1. The Morgan fingerprint density at radius 3 is 2.18 bits per heavy atom. The molecule has 0 aliphatic heterocycles. The van der Waals surface area contributed by atoms with Gasteiger partial charge in [0.1, 0.15) is 0 Å². The highest BCUT2D eigenvalue weighted by Gasteiger charge is 2.36. The summed E-state index contributed by atoms with van der Waals surface area (Å²) < 4.78 is 37.8. The minimum absolute atomic E-state index is 0.297. The van der Waals surface area contributed by atoms with E-state index in [9.17, 15) is 18.0 Å². The van der Waals surface area contributed by atoms with Crippen LogP contribution in [0.15, 0.2) is 12.1 Å². The van der Waals surface area contributed by atoms with Crippen LogP contribution in [0.25, 0.3) is 0 Å². The zero-order valence-electron chi connectivity index (χ0n) is 8.75. The van der Waals surface area contributed by atoms with Crippen molar-refractivity contribution in [1.29, 1.82) is 0 Å². The van der Waals surface area contributed by atoms with Crippen molar-refractivity contribution in [3.63, 3.8) is 0 Å². The lowest BCUT2D eigenvalue weighted by molar-refractivity contribution is -0.138. The Balaban J connectivity index is 3.47. The van der Waals surface area contributed by atoms with E-state index in [-0.39, 0.29) is 0 Å². The van der Waals surface area contributed by atoms with Crippen LogP contribution in [0.1, 0.15) is 22.8 Å². The second kappa shape index (κ2) is 4.25. The molecular weight excluding hydrogens is 239 g/mol. The van der Waals surface area contributed by atoms with Crippen LogP contribution in [0.4, 0.5) is 13.2 Å². The second-order valence-electron chi connectivity index (χ2n) is 3.54. The first-order valence-corrected chi connectivity index (χ1v) is 4.57. The molecule has 4 N–H and O–H groups in total. The van der Waals surface area contributed by atoms with Gasteiger partial charge in [-0.1, -0.05) is 0 Å². The minimum Gasteiger partial charge on any atom is -0.504 e. The van der Waals surface area contributed by atoms with Gasteiger partial charge in [0.25, 0.3) is 0 Å². The van der Waals surface area contributed by atoms with Gasteiger partial charge in [-0.2, -0.15) is 13.2 Å². The van der Waals surface area contributed by atoms with Gasteiger partial charge in [-0.3, -0.25) is 4.79 Å². The highest BCUT2D eigenvalue weighted by molar-refractivity contribution is 6.01. The third kappa shape index (κ3) is 2.68. The zero-order chi connectivity index (χ0) is 13.4. The lowest BCUT2D eigenvalue weighted by Crippen LogP contribution is -2.28. The molecule has 94 valence electrons. The molecule has 0 amide bonds. The van der Waals surface area contributed by atoms with Crippen LogP contribution >= 0.6 is 0 Å². The van der Waals surface area contributed by atoms with Gasteiger partial charge in [0.2, 0.25) is 0 Å². The number of phenols is 2. The number of benzene rings is 1. The van der Waals surface area contributed by atoms with E-state index in [4.69, 9.17) is 15.9 Å². The summed E-state index contributed by atoms with van der Waals surface area (Å²) in [6, 6.07) is -0.283. The number of aromatic hydroxyl groups is 2. The van der Waals surface area contributed by atoms with Crippen LogP contribution in [-0.2, 0) is 6.18 Å². The van der Waals surface area contributed by atoms with Gasteiger partial charge < -0.3 is 15.9 Å². The number of halogens is 3. The molecule has 0 aliphatic carbocycles. The van der Waals surface area contributed by atoms with E-state index in [0.717, 1.165) is 0 Å². The summed E-state index contributed by atoms with van der Waals surface area (Å²) in [6.45, 7) is 1.23. The molecule has 1 aromatic rings. The van der Waals surface area contributed by atoms with Crippen molar-refractivity contribution in [2.45, 2.75) is 19.1 Å². The van der Waals surface area contributed by atoms with Crippen LogP contribution in [-0.4, -0.2) is 22.0 Å². The molecule has 0 fully saturated rings. The fraction of sp³-hybridized carbons (Fsp3) is 0.300. The summed E-state index contributed by atoms with van der Waals surface area (Å²) in [6.07, 6.45) is -4.81. The lowest BCUT2D eigenvalue weighted by atomic mass is 9.98. The molecule has 1 unspecified atom stereocenters. The summed E-state index contributed by atoms with van der Waals surface area (Å²) in [5.74, 6) is -2.71. The number of hydrogen-bond donors (Lipinski definition) is 3. The Hall–Kier alpha value is -1.76. The fourth-order valence-corrected chi connectivity index (χ4v) is 1.26. The van der Waals surface area contributed by atoms with Crippen molar-refractivity contribution < 1.29 is 28.2 Å². The molecule has 0 bridgehead atoms. The molecule has 0 radical (unpaired) electrons. The number of phenolic OH excluding ortho intramolecular Hbond substituents is 2. The van der Waals surface area contributed by atoms with Crippen LogP contribution in [0.2, 0.25) is 0 Å². The van der Waals surface area contributed by atoms with E-state index in [1.165, 1.54) is 6.92 Å². The summed E-state index contributed by atoms with van der Waals surface area (Å²) in [5.41, 5.74) is 3.12. The maximum Gasteiger partial charge on any atom is 0.417 e. The Bertz CT molecular complexity index is 455. The third-order valence-corrected chi connectivity index (χ3v) is 2.10. The van der Waals surface area contributed by atoms with Gasteiger partial charge in [0, 0.05) is 5.56 Å². The molecule has 7 heteroatoms. The number of carbonyl (C=O) groups is 1. The normalized spacial score (nSPS) is 13.5. The van der Waals surface area contributed by atoms with Crippen molar-refractivity contribution >= 4 is 5.78 Å². The van der Waals surface area contributed by atoms with Gasteiger partial charge in [-0.25, -0.2) is 0 Å². The van der Waals surface area contributed by atoms with E-state index in [1.54, 1.807) is 0 Å². The fourth-order valence-electron chi connectivity index (χ4n) is 1.26. The second-order valence-corrected chi connectivity index (χ2v) is 3.54. The van der Waals surface area contributed by atoms with Crippen LogP contribution < -0.4 is 5.73 Å². The van der Waals surface area contributed by atoms with E-state index >= 15 is 0 Å². The van der Waals surface area contributed by atoms with Gasteiger partial charge >= 0.3 is 6.18 Å². The Morgan fingerprint density at radius 2 is 1.76 bits per heavy atom. The first-order valence-electron chi connectivity index (χ1n) is 4.57. The van der Waals surface area contributed by atoms with E-state index in [1.807, 2.05) is 0 Å². The third-order valence-electron chi connectivity index (χ3n) is 2.10. The number of carbonyl (C=O) groups excluding carboxylic acids is 1. The summed E-state index contributed by atoms with van der Waals surface area (Å²) in [4.78, 5) is 11.5. The smallest absolute Gasteiger partial charge is 0.417 e. The average molecular weight is 249 g/mol. The average Bonchev–Trinajstić information content (AvgIpc) is 2.18. The van der Waals surface area contributed by atoms with Crippen molar-refractivity contribution in [2.75, 3.05) is 0 Å².